The molecule has 0 aliphatic carbocycles. The molecule has 0 saturated carbocycles. The first-order chi connectivity index (χ1) is 12.3. The largest absolute Gasteiger partial charge is 0.497 e. The minimum absolute atomic E-state index is 0.628. The maximum atomic E-state index is 5.43. The van der Waals surface area contributed by atoms with Gasteiger partial charge in [0.05, 0.1) is 13.7 Å². The van der Waals surface area contributed by atoms with Gasteiger partial charge >= 0.3 is 0 Å². The van der Waals surface area contributed by atoms with Crippen LogP contribution in [0.5, 0.6) is 5.75 Å². The molecule has 5 nitrogen and oxygen atoms in total. The second kappa shape index (κ2) is 6.83. The molecule has 2 aromatic heterocycles. The molecular formula is C20H19N3O2. The van der Waals surface area contributed by atoms with Gasteiger partial charge in [-0.1, -0.05) is 23.4 Å². The van der Waals surface area contributed by atoms with Crippen molar-refractivity contribution in [2.24, 2.45) is 0 Å². The molecule has 25 heavy (non-hydrogen) atoms. The van der Waals surface area contributed by atoms with E-state index in [1.807, 2.05) is 42.6 Å². The molecule has 5 heteroatoms. The van der Waals surface area contributed by atoms with Crippen molar-refractivity contribution in [2.75, 3.05) is 7.11 Å². The summed E-state index contributed by atoms with van der Waals surface area (Å²) < 4.78 is 10.6. The lowest BCUT2D eigenvalue weighted by atomic mass is 10.1. The smallest absolute Gasteiger partial charge is 0.151 e. The molecule has 0 atom stereocenters. The molecule has 2 N–H and O–H groups in total. The standard InChI is InChI=1S/C20H19N3O2/c1-24-16-8-6-14(7-9-16)20-10-17(25-23-20)13-21-11-15-12-22-19-5-3-2-4-18(15)19/h2-10,12,21-22H,11,13H2,1H3. The number of benzene rings is 2. The normalized spacial score (nSPS) is 11.1. The van der Waals surface area contributed by atoms with Crippen LogP contribution in [0.1, 0.15) is 11.3 Å². The highest BCUT2D eigenvalue weighted by atomic mass is 16.5. The van der Waals surface area contributed by atoms with Gasteiger partial charge in [-0.25, -0.2) is 0 Å². The van der Waals surface area contributed by atoms with Crippen LogP contribution in [0.15, 0.2) is 65.3 Å². The summed E-state index contributed by atoms with van der Waals surface area (Å²) in [6, 6.07) is 18.0. The van der Waals surface area contributed by atoms with Gasteiger partial charge in [-0.05, 0) is 35.9 Å². The van der Waals surface area contributed by atoms with Crippen molar-refractivity contribution < 1.29 is 9.26 Å². The number of rotatable bonds is 6. The highest BCUT2D eigenvalue weighted by molar-refractivity contribution is 5.82. The number of methoxy groups -OCH3 is 1. The SMILES string of the molecule is COc1ccc(-c2cc(CNCc3c[nH]c4ccccc34)on2)cc1. The third-order valence-corrected chi connectivity index (χ3v) is 4.23. The summed E-state index contributed by atoms with van der Waals surface area (Å²) in [5, 5.41) is 8.79. The lowest BCUT2D eigenvalue weighted by Gasteiger charge is -2.01. The number of aromatic nitrogens is 2. The molecule has 0 fully saturated rings. The van der Waals surface area contributed by atoms with Crippen molar-refractivity contribution in [1.82, 2.24) is 15.5 Å². The fourth-order valence-corrected chi connectivity index (χ4v) is 2.89. The monoisotopic (exact) mass is 333 g/mol. The maximum absolute atomic E-state index is 5.43. The topological polar surface area (TPSA) is 63.1 Å². The Kier molecular flexibility index (Phi) is 4.23. The Bertz CT molecular complexity index is 970. The predicted octanol–water partition coefficient (Wildman–Crippen LogP) is 4.12. The van der Waals surface area contributed by atoms with Crippen LogP contribution in [0.25, 0.3) is 22.2 Å². The van der Waals surface area contributed by atoms with E-state index in [1.54, 1.807) is 7.11 Å². The van der Waals surface area contributed by atoms with Gasteiger partial charge in [-0.2, -0.15) is 0 Å². The number of para-hydroxylation sites is 1. The highest BCUT2D eigenvalue weighted by Crippen LogP contribution is 2.22. The van der Waals surface area contributed by atoms with Crippen LogP contribution >= 0.6 is 0 Å². The number of nitrogens with one attached hydrogen (secondary N) is 2. The highest BCUT2D eigenvalue weighted by Gasteiger charge is 2.08. The fraction of sp³-hybridized carbons (Fsp3) is 0.150. The molecule has 0 spiro atoms. The van der Waals surface area contributed by atoms with Crippen LogP contribution in [0.4, 0.5) is 0 Å². The van der Waals surface area contributed by atoms with E-state index >= 15 is 0 Å². The van der Waals surface area contributed by atoms with Crippen molar-refractivity contribution in [3.05, 3.63) is 72.1 Å². The van der Waals surface area contributed by atoms with E-state index in [2.05, 4.69) is 33.7 Å². The zero-order valence-electron chi connectivity index (χ0n) is 14.0. The quantitative estimate of drug-likeness (QED) is 0.557. The van der Waals surface area contributed by atoms with Gasteiger partial charge in [0.1, 0.15) is 11.4 Å². The predicted molar refractivity (Wildman–Crippen MR) is 97.3 cm³/mol. The summed E-state index contributed by atoms with van der Waals surface area (Å²) in [5.74, 6) is 1.64. The Morgan fingerprint density at radius 2 is 1.92 bits per heavy atom. The van der Waals surface area contributed by atoms with Crippen molar-refractivity contribution in [2.45, 2.75) is 13.1 Å². The van der Waals surface area contributed by atoms with Crippen LogP contribution in [-0.4, -0.2) is 17.3 Å². The molecule has 0 aliphatic rings. The molecular weight excluding hydrogens is 314 g/mol. The first-order valence-corrected chi connectivity index (χ1v) is 8.19. The summed E-state index contributed by atoms with van der Waals surface area (Å²) in [7, 11) is 1.66. The van der Waals surface area contributed by atoms with Crippen LogP contribution in [-0.2, 0) is 13.1 Å². The number of hydrogen-bond acceptors (Lipinski definition) is 4. The Hall–Kier alpha value is -3.05. The van der Waals surface area contributed by atoms with E-state index < -0.39 is 0 Å². The molecule has 0 bridgehead atoms. The zero-order chi connectivity index (χ0) is 17.1. The van der Waals surface area contributed by atoms with Crippen molar-refractivity contribution in [1.29, 1.82) is 0 Å². The number of H-pyrrole nitrogens is 1. The van der Waals surface area contributed by atoms with E-state index in [4.69, 9.17) is 9.26 Å². The number of hydrogen-bond donors (Lipinski definition) is 2. The number of nitrogens with zero attached hydrogens (tertiary/aromatic N) is 1. The van der Waals surface area contributed by atoms with Crippen LogP contribution in [0.2, 0.25) is 0 Å². The van der Waals surface area contributed by atoms with Crippen LogP contribution in [0.3, 0.4) is 0 Å². The minimum Gasteiger partial charge on any atom is -0.497 e. The Morgan fingerprint density at radius 1 is 1.08 bits per heavy atom. The second-order valence-electron chi connectivity index (χ2n) is 5.87. The first kappa shape index (κ1) is 15.5. The number of ether oxygens (including phenoxy) is 1. The Labute approximate surface area is 145 Å². The van der Waals surface area contributed by atoms with E-state index in [-0.39, 0.29) is 0 Å². The van der Waals surface area contributed by atoms with Gasteiger partial charge in [0, 0.05) is 35.3 Å². The molecule has 0 saturated heterocycles. The van der Waals surface area contributed by atoms with Gasteiger partial charge in [0.2, 0.25) is 0 Å². The Balaban J connectivity index is 1.39. The van der Waals surface area contributed by atoms with E-state index in [0.29, 0.717) is 6.54 Å². The molecule has 0 aliphatic heterocycles. The minimum atomic E-state index is 0.628. The zero-order valence-corrected chi connectivity index (χ0v) is 14.0. The molecule has 0 amide bonds. The average Bonchev–Trinajstić information content (AvgIpc) is 3.30. The fourth-order valence-electron chi connectivity index (χ4n) is 2.89. The van der Waals surface area contributed by atoms with Gasteiger partial charge in [-0.3, -0.25) is 0 Å². The van der Waals surface area contributed by atoms with Gasteiger partial charge in [0.25, 0.3) is 0 Å². The van der Waals surface area contributed by atoms with Crippen molar-refractivity contribution in [3.8, 4) is 17.0 Å². The Morgan fingerprint density at radius 3 is 2.76 bits per heavy atom. The summed E-state index contributed by atoms with van der Waals surface area (Å²) in [5.41, 5.74) is 4.23. The third kappa shape index (κ3) is 3.27. The molecule has 2 aromatic carbocycles. The summed E-state index contributed by atoms with van der Waals surface area (Å²) in [4.78, 5) is 3.29. The molecule has 4 aromatic rings. The molecule has 0 unspecified atom stereocenters. The van der Waals surface area contributed by atoms with Crippen molar-refractivity contribution >= 4 is 10.9 Å². The summed E-state index contributed by atoms with van der Waals surface area (Å²) in [6.45, 7) is 1.39. The second-order valence-corrected chi connectivity index (χ2v) is 5.87. The maximum Gasteiger partial charge on any atom is 0.151 e. The van der Waals surface area contributed by atoms with E-state index in [1.165, 1.54) is 10.9 Å². The number of fused-ring (bicyclic) bond motifs is 1. The van der Waals surface area contributed by atoms with Crippen molar-refractivity contribution in [3.63, 3.8) is 0 Å². The first-order valence-electron chi connectivity index (χ1n) is 8.19. The molecule has 0 radical (unpaired) electrons. The van der Waals surface area contributed by atoms with Gasteiger partial charge in [-0.15, -0.1) is 0 Å². The van der Waals surface area contributed by atoms with Gasteiger partial charge < -0.3 is 19.6 Å². The summed E-state index contributed by atoms with van der Waals surface area (Å²) >= 11 is 0. The van der Waals surface area contributed by atoms with E-state index in [9.17, 15) is 0 Å². The molecule has 4 rings (SSSR count). The van der Waals surface area contributed by atoms with Gasteiger partial charge in [0.15, 0.2) is 5.76 Å². The molecule has 126 valence electrons. The average molecular weight is 333 g/mol. The summed E-state index contributed by atoms with van der Waals surface area (Å²) in [6.07, 6.45) is 2.04. The lowest BCUT2D eigenvalue weighted by Crippen LogP contribution is -2.11. The molecule has 2 heterocycles. The third-order valence-electron chi connectivity index (χ3n) is 4.23. The lowest BCUT2D eigenvalue weighted by molar-refractivity contribution is 0.374. The van der Waals surface area contributed by atoms with E-state index in [0.717, 1.165) is 34.8 Å². The number of aromatic amines is 1. The van der Waals surface area contributed by atoms with Crippen LogP contribution in [0, 0.1) is 0 Å². The van der Waals surface area contributed by atoms with Crippen LogP contribution < -0.4 is 10.1 Å².